The van der Waals surface area contributed by atoms with Crippen LogP contribution in [0.2, 0.25) is 0 Å². The highest BCUT2D eigenvalue weighted by Gasteiger charge is 2.13. The minimum atomic E-state index is -3.35. The summed E-state index contributed by atoms with van der Waals surface area (Å²) in [7, 11) is -3.35. The van der Waals surface area contributed by atoms with Crippen molar-refractivity contribution >= 4 is 10.2 Å². The summed E-state index contributed by atoms with van der Waals surface area (Å²) in [6.45, 7) is 7.44. The molecule has 0 unspecified atom stereocenters. The zero-order chi connectivity index (χ0) is 14.1. The van der Waals surface area contributed by atoms with Crippen LogP contribution in [0.1, 0.15) is 33.1 Å². The van der Waals surface area contributed by atoms with Crippen molar-refractivity contribution in [2.45, 2.75) is 39.2 Å². The molecule has 1 heterocycles. The molecule has 1 aliphatic rings. The summed E-state index contributed by atoms with van der Waals surface area (Å²) < 4.78 is 33.8. The topological polar surface area (TPSA) is 79.5 Å². The van der Waals surface area contributed by atoms with Gasteiger partial charge in [0.1, 0.15) is 0 Å². The van der Waals surface area contributed by atoms with Crippen molar-refractivity contribution in [1.29, 1.82) is 0 Å². The zero-order valence-corrected chi connectivity index (χ0v) is 12.8. The third-order valence-corrected chi connectivity index (χ3v) is 4.07. The Bertz CT molecular complexity index is 327. The Balaban J connectivity index is 2.03. The molecule has 6 nitrogen and oxygen atoms in total. The summed E-state index contributed by atoms with van der Waals surface area (Å²) in [5, 5.41) is 3.28. The first-order valence-electron chi connectivity index (χ1n) is 7.06. The second kappa shape index (κ2) is 8.86. The lowest BCUT2D eigenvalue weighted by Crippen LogP contribution is -2.39. The summed E-state index contributed by atoms with van der Waals surface area (Å²) in [5.41, 5.74) is 0. The van der Waals surface area contributed by atoms with Gasteiger partial charge in [-0.25, -0.2) is 9.44 Å². The van der Waals surface area contributed by atoms with Gasteiger partial charge in [0.15, 0.2) is 0 Å². The first-order chi connectivity index (χ1) is 8.99. The molecule has 114 valence electrons. The van der Waals surface area contributed by atoms with Crippen LogP contribution >= 0.6 is 0 Å². The summed E-state index contributed by atoms with van der Waals surface area (Å²) in [4.78, 5) is 0. The van der Waals surface area contributed by atoms with E-state index in [0.29, 0.717) is 38.1 Å². The Morgan fingerprint density at radius 2 is 1.95 bits per heavy atom. The Hall–Kier alpha value is -0.210. The lowest BCUT2D eigenvalue weighted by atomic mass is 10.1. The monoisotopic (exact) mass is 293 g/mol. The van der Waals surface area contributed by atoms with Gasteiger partial charge in [-0.15, -0.1) is 0 Å². The summed E-state index contributed by atoms with van der Waals surface area (Å²) in [6.07, 6.45) is 3.12. The molecule has 0 aromatic heterocycles. The average molecular weight is 293 g/mol. The molecule has 0 saturated carbocycles. The largest absolute Gasteiger partial charge is 0.378 e. The van der Waals surface area contributed by atoms with Gasteiger partial charge in [-0.05, 0) is 38.3 Å². The molecule has 3 N–H and O–H groups in total. The summed E-state index contributed by atoms with van der Waals surface area (Å²) in [5.74, 6) is 0.305. The molecule has 0 atom stereocenters. The van der Waals surface area contributed by atoms with Crippen LogP contribution in [0.4, 0.5) is 0 Å². The van der Waals surface area contributed by atoms with Gasteiger partial charge in [-0.2, -0.15) is 8.42 Å². The lowest BCUT2D eigenvalue weighted by Gasteiger charge is -2.22. The van der Waals surface area contributed by atoms with Crippen LogP contribution in [0.15, 0.2) is 0 Å². The van der Waals surface area contributed by atoms with Gasteiger partial charge in [0.05, 0.1) is 6.10 Å². The van der Waals surface area contributed by atoms with Crippen LogP contribution in [0, 0.1) is 5.92 Å². The summed E-state index contributed by atoms with van der Waals surface area (Å²) >= 11 is 0. The van der Waals surface area contributed by atoms with Gasteiger partial charge >= 0.3 is 0 Å². The van der Waals surface area contributed by atoms with E-state index in [0.717, 1.165) is 25.9 Å². The Morgan fingerprint density at radius 3 is 2.58 bits per heavy atom. The maximum atomic E-state index is 11.5. The molecule has 1 saturated heterocycles. The minimum absolute atomic E-state index is 0.305. The number of piperidine rings is 1. The Morgan fingerprint density at radius 1 is 1.26 bits per heavy atom. The molecule has 0 aromatic rings. The van der Waals surface area contributed by atoms with Crippen molar-refractivity contribution in [2.75, 3.05) is 32.8 Å². The summed E-state index contributed by atoms with van der Waals surface area (Å²) in [6, 6.07) is 0. The van der Waals surface area contributed by atoms with Crippen molar-refractivity contribution in [1.82, 2.24) is 14.8 Å². The van der Waals surface area contributed by atoms with Crippen molar-refractivity contribution in [3.63, 3.8) is 0 Å². The number of hydrogen-bond acceptors (Lipinski definition) is 4. The van der Waals surface area contributed by atoms with Crippen LogP contribution < -0.4 is 14.8 Å². The molecule has 0 aliphatic carbocycles. The molecular formula is C12H27N3O3S. The second-order valence-electron chi connectivity index (χ2n) is 5.31. The number of ether oxygens (including phenoxy) is 1. The molecule has 1 fully saturated rings. The van der Waals surface area contributed by atoms with Gasteiger partial charge in [0.25, 0.3) is 10.2 Å². The molecule has 1 aliphatic heterocycles. The Kier molecular flexibility index (Phi) is 7.86. The van der Waals surface area contributed by atoms with Crippen molar-refractivity contribution < 1.29 is 13.2 Å². The van der Waals surface area contributed by atoms with E-state index < -0.39 is 10.2 Å². The fourth-order valence-corrected chi connectivity index (χ4v) is 2.89. The second-order valence-corrected chi connectivity index (χ2v) is 6.90. The maximum absolute atomic E-state index is 11.5. The fraction of sp³-hybridized carbons (Fsp3) is 1.00. The molecule has 0 spiro atoms. The number of hydrogen-bond donors (Lipinski definition) is 3. The van der Waals surface area contributed by atoms with Gasteiger partial charge < -0.3 is 10.1 Å². The maximum Gasteiger partial charge on any atom is 0.276 e. The Labute approximate surface area is 116 Å². The van der Waals surface area contributed by atoms with E-state index in [1.54, 1.807) is 0 Å². The van der Waals surface area contributed by atoms with Crippen LogP contribution in [0.3, 0.4) is 0 Å². The van der Waals surface area contributed by atoms with Crippen LogP contribution in [-0.4, -0.2) is 47.3 Å². The molecule has 0 amide bonds. The van der Waals surface area contributed by atoms with Crippen LogP contribution in [0.25, 0.3) is 0 Å². The highest BCUT2D eigenvalue weighted by molar-refractivity contribution is 7.87. The highest BCUT2D eigenvalue weighted by atomic mass is 32.2. The van der Waals surface area contributed by atoms with Gasteiger partial charge in [0.2, 0.25) is 0 Å². The van der Waals surface area contributed by atoms with Gasteiger partial charge in [-0.1, -0.05) is 13.8 Å². The smallest absolute Gasteiger partial charge is 0.276 e. The minimum Gasteiger partial charge on any atom is -0.378 e. The first kappa shape index (κ1) is 16.8. The van der Waals surface area contributed by atoms with Crippen molar-refractivity contribution in [3.8, 4) is 0 Å². The van der Waals surface area contributed by atoms with E-state index in [9.17, 15) is 8.42 Å². The molecule has 0 radical (unpaired) electrons. The van der Waals surface area contributed by atoms with E-state index in [2.05, 4.69) is 14.8 Å². The average Bonchev–Trinajstić information content (AvgIpc) is 2.37. The van der Waals surface area contributed by atoms with Crippen LogP contribution in [-0.2, 0) is 14.9 Å². The normalized spacial score (nSPS) is 18.1. The fourth-order valence-electron chi connectivity index (χ4n) is 1.82. The highest BCUT2D eigenvalue weighted by Crippen LogP contribution is 2.07. The van der Waals surface area contributed by atoms with E-state index in [1.165, 1.54) is 0 Å². The standard InChI is InChI=1S/C12H27N3O3S/c1-11(2)10-15-19(16,17)14-6-3-9-18-12-4-7-13-8-5-12/h11-15H,3-10H2,1-2H3. The molecule has 0 bridgehead atoms. The zero-order valence-electron chi connectivity index (χ0n) is 11.9. The predicted octanol–water partition coefficient (Wildman–Crippen LogP) is 0.225. The van der Waals surface area contributed by atoms with Crippen LogP contribution in [0.5, 0.6) is 0 Å². The van der Waals surface area contributed by atoms with E-state index in [4.69, 9.17) is 4.74 Å². The molecule has 0 aromatic carbocycles. The number of nitrogens with one attached hydrogen (secondary N) is 3. The molecular weight excluding hydrogens is 266 g/mol. The number of rotatable bonds is 9. The molecule has 19 heavy (non-hydrogen) atoms. The van der Waals surface area contributed by atoms with E-state index in [-0.39, 0.29) is 0 Å². The quantitative estimate of drug-likeness (QED) is 0.532. The predicted molar refractivity (Wildman–Crippen MR) is 76.2 cm³/mol. The molecule has 7 heteroatoms. The van der Waals surface area contributed by atoms with Gasteiger partial charge in [0, 0.05) is 19.7 Å². The third-order valence-electron chi connectivity index (χ3n) is 2.93. The van der Waals surface area contributed by atoms with E-state index in [1.807, 2.05) is 13.8 Å². The first-order valence-corrected chi connectivity index (χ1v) is 8.54. The molecule has 1 rings (SSSR count). The third kappa shape index (κ3) is 8.54. The lowest BCUT2D eigenvalue weighted by molar-refractivity contribution is 0.0322. The van der Waals surface area contributed by atoms with Crippen molar-refractivity contribution in [2.24, 2.45) is 5.92 Å². The van der Waals surface area contributed by atoms with Gasteiger partial charge in [-0.3, -0.25) is 0 Å². The van der Waals surface area contributed by atoms with Crippen molar-refractivity contribution in [3.05, 3.63) is 0 Å². The SMILES string of the molecule is CC(C)CNS(=O)(=O)NCCCOC1CCNCC1. The van der Waals surface area contributed by atoms with E-state index >= 15 is 0 Å².